The summed E-state index contributed by atoms with van der Waals surface area (Å²) < 4.78 is 7.93. The molecule has 32 heavy (non-hydrogen) atoms. The van der Waals surface area contributed by atoms with Gasteiger partial charge in [-0.3, -0.25) is 9.59 Å². The number of aromatic nitrogens is 1. The van der Waals surface area contributed by atoms with Gasteiger partial charge in [0.15, 0.2) is 5.60 Å². The summed E-state index contributed by atoms with van der Waals surface area (Å²) in [6, 6.07) is 13.1. The molecule has 0 bridgehead atoms. The van der Waals surface area contributed by atoms with E-state index in [1.807, 2.05) is 64.1 Å². The predicted octanol–water partition coefficient (Wildman–Crippen LogP) is 5.47. The van der Waals surface area contributed by atoms with Crippen molar-refractivity contribution in [1.29, 1.82) is 0 Å². The van der Waals surface area contributed by atoms with Gasteiger partial charge in [-0.1, -0.05) is 49.7 Å². The Kier molecular flexibility index (Phi) is 8.67. The summed E-state index contributed by atoms with van der Waals surface area (Å²) in [4.78, 5) is 25.3. The molecular weight excluding hydrogens is 424 g/mol. The SMILES string of the molecule is C=CC.CC.Cc1c(Cl)cccc1C1(Oc2ccc3ccn(C)c(=O)c3c2)CN(C=O)C1. The molecule has 5 nitrogen and oxygen atoms in total. The molecule has 2 aromatic carbocycles. The average molecular weight is 455 g/mol. The van der Waals surface area contributed by atoms with Crippen LogP contribution >= 0.6 is 11.6 Å². The standard InChI is InChI=1S/C21H19ClN2O3.C3H6.C2H6/c1-14-18(4-3-5-19(14)22)21(11-24(12-21)13-25)27-16-7-6-15-8-9-23(2)20(26)17(15)10-16;1-3-2;1-2/h3-10,13H,11-12H2,1-2H3;3H,1H2,2H3;1-2H3. The second kappa shape index (κ2) is 11.0. The molecule has 0 saturated carbocycles. The number of aryl methyl sites for hydroxylation is 1. The van der Waals surface area contributed by atoms with Gasteiger partial charge < -0.3 is 14.2 Å². The lowest BCUT2D eigenvalue weighted by Crippen LogP contribution is -2.62. The van der Waals surface area contributed by atoms with Crippen molar-refractivity contribution in [2.24, 2.45) is 7.05 Å². The first-order chi connectivity index (χ1) is 15.3. The molecule has 1 saturated heterocycles. The molecule has 4 rings (SSSR count). The maximum atomic E-state index is 12.4. The van der Waals surface area contributed by atoms with E-state index in [1.165, 1.54) is 0 Å². The number of hydrogen-bond donors (Lipinski definition) is 0. The van der Waals surface area contributed by atoms with Crippen LogP contribution in [-0.2, 0) is 17.4 Å². The lowest BCUT2D eigenvalue weighted by Gasteiger charge is -2.49. The molecule has 1 aliphatic heterocycles. The molecule has 1 amide bonds. The van der Waals surface area contributed by atoms with Gasteiger partial charge in [0.25, 0.3) is 5.56 Å². The van der Waals surface area contributed by atoms with E-state index in [9.17, 15) is 9.59 Å². The second-order valence-electron chi connectivity index (χ2n) is 7.41. The van der Waals surface area contributed by atoms with E-state index < -0.39 is 5.60 Å². The van der Waals surface area contributed by atoms with E-state index in [1.54, 1.807) is 34.9 Å². The van der Waals surface area contributed by atoms with Gasteiger partial charge in [0.2, 0.25) is 6.41 Å². The summed E-state index contributed by atoms with van der Waals surface area (Å²) >= 11 is 6.31. The van der Waals surface area contributed by atoms with Crippen molar-refractivity contribution in [2.75, 3.05) is 13.1 Å². The van der Waals surface area contributed by atoms with Gasteiger partial charge in [-0.05, 0) is 49.1 Å². The van der Waals surface area contributed by atoms with Crippen molar-refractivity contribution in [1.82, 2.24) is 9.47 Å². The molecule has 1 aliphatic rings. The van der Waals surface area contributed by atoms with Gasteiger partial charge in [0, 0.05) is 23.8 Å². The van der Waals surface area contributed by atoms with Crippen molar-refractivity contribution in [3.8, 4) is 5.75 Å². The van der Waals surface area contributed by atoms with Crippen LogP contribution in [0.3, 0.4) is 0 Å². The zero-order valence-electron chi connectivity index (χ0n) is 19.4. The van der Waals surface area contributed by atoms with Crippen LogP contribution in [-0.4, -0.2) is 29.0 Å². The highest BCUT2D eigenvalue weighted by atomic mass is 35.5. The molecular formula is C26H31ClN2O3. The number of amides is 1. The van der Waals surface area contributed by atoms with Crippen molar-refractivity contribution in [2.45, 2.75) is 33.3 Å². The zero-order valence-corrected chi connectivity index (χ0v) is 20.1. The van der Waals surface area contributed by atoms with Crippen LogP contribution in [0.5, 0.6) is 5.75 Å². The quantitative estimate of drug-likeness (QED) is 0.388. The van der Waals surface area contributed by atoms with E-state index >= 15 is 0 Å². The van der Waals surface area contributed by atoms with Gasteiger partial charge in [0.1, 0.15) is 5.75 Å². The molecule has 1 fully saturated rings. The van der Waals surface area contributed by atoms with Gasteiger partial charge >= 0.3 is 0 Å². The van der Waals surface area contributed by atoms with E-state index in [4.69, 9.17) is 16.3 Å². The van der Waals surface area contributed by atoms with Gasteiger partial charge in [0.05, 0.1) is 18.5 Å². The Morgan fingerprint density at radius 2 is 1.81 bits per heavy atom. The molecule has 0 aliphatic carbocycles. The zero-order chi connectivity index (χ0) is 23.9. The number of ether oxygens (including phenoxy) is 1. The highest BCUT2D eigenvalue weighted by molar-refractivity contribution is 6.31. The number of fused-ring (bicyclic) bond motifs is 1. The first-order valence-corrected chi connectivity index (χ1v) is 11.0. The van der Waals surface area contributed by atoms with Crippen LogP contribution in [0, 0.1) is 6.92 Å². The number of carbonyl (C=O) groups is 1. The predicted molar refractivity (Wildman–Crippen MR) is 133 cm³/mol. The van der Waals surface area contributed by atoms with Crippen LogP contribution in [0.2, 0.25) is 5.02 Å². The summed E-state index contributed by atoms with van der Waals surface area (Å²) in [5.74, 6) is 0.593. The Labute approximate surface area is 194 Å². The van der Waals surface area contributed by atoms with Crippen LogP contribution < -0.4 is 10.3 Å². The largest absolute Gasteiger partial charge is 0.479 e. The first kappa shape index (κ1) is 25.2. The van der Waals surface area contributed by atoms with Crippen LogP contribution in [0.4, 0.5) is 0 Å². The maximum Gasteiger partial charge on any atom is 0.258 e. The van der Waals surface area contributed by atoms with Gasteiger partial charge in [-0.15, -0.1) is 6.58 Å². The number of carbonyl (C=O) groups excluding carboxylic acids is 1. The first-order valence-electron chi connectivity index (χ1n) is 10.7. The second-order valence-corrected chi connectivity index (χ2v) is 7.82. The fraction of sp³-hybridized carbons (Fsp3) is 0.308. The Balaban J connectivity index is 0.000000671. The molecule has 6 heteroatoms. The molecule has 0 N–H and O–H groups in total. The third-order valence-corrected chi connectivity index (χ3v) is 5.60. The van der Waals surface area contributed by atoms with Crippen LogP contribution in [0.1, 0.15) is 31.9 Å². The summed E-state index contributed by atoms with van der Waals surface area (Å²) in [6.07, 6.45) is 4.31. The number of nitrogens with zero attached hydrogens (tertiary/aromatic N) is 2. The van der Waals surface area contributed by atoms with Gasteiger partial charge in [-0.2, -0.15) is 0 Å². The summed E-state index contributed by atoms with van der Waals surface area (Å²) in [7, 11) is 1.72. The summed E-state index contributed by atoms with van der Waals surface area (Å²) in [5, 5.41) is 2.12. The highest BCUT2D eigenvalue weighted by Gasteiger charge is 2.47. The fourth-order valence-corrected chi connectivity index (χ4v) is 3.85. The van der Waals surface area contributed by atoms with Crippen molar-refractivity contribution in [3.63, 3.8) is 0 Å². The molecule has 0 spiro atoms. The maximum absolute atomic E-state index is 12.4. The molecule has 170 valence electrons. The van der Waals surface area contributed by atoms with Crippen molar-refractivity contribution >= 4 is 28.8 Å². The van der Waals surface area contributed by atoms with Crippen LogP contribution in [0.25, 0.3) is 10.8 Å². The number of allylic oxidation sites excluding steroid dienone is 1. The minimum Gasteiger partial charge on any atom is -0.479 e. The molecule has 0 atom stereocenters. The monoisotopic (exact) mass is 454 g/mol. The third kappa shape index (κ3) is 5.05. The highest BCUT2D eigenvalue weighted by Crippen LogP contribution is 2.39. The minimum atomic E-state index is -0.677. The Morgan fingerprint density at radius 1 is 1.16 bits per heavy atom. The van der Waals surface area contributed by atoms with Gasteiger partial charge in [-0.25, -0.2) is 0 Å². The lowest BCUT2D eigenvalue weighted by molar-refractivity contribution is -0.138. The normalized spacial score (nSPS) is 13.6. The topological polar surface area (TPSA) is 51.5 Å². The average Bonchev–Trinajstić information content (AvgIpc) is 2.77. The molecule has 0 radical (unpaired) electrons. The fourth-order valence-electron chi connectivity index (χ4n) is 3.68. The van der Waals surface area contributed by atoms with E-state index in [2.05, 4.69) is 6.58 Å². The summed E-state index contributed by atoms with van der Waals surface area (Å²) in [6.45, 7) is 12.1. The Morgan fingerprint density at radius 3 is 2.44 bits per heavy atom. The van der Waals surface area contributed by atoms with Crippen LogP contribution in [0.15, 0.2) is 66.1 Å². The third-order valence-electron chi connectivity index (χ3n) is 5.19. The molecule has 1 aromatic heterocycles. The van der Waals surface area contributed by atoms with E-state index in [0.29, 0.717) is 29.2 Å². The molecule has 2 heterocycles. The molecule has 3 aromatic rings. The number of halogens is 1. The number of pyridine rings is 1. The van der Waals surface area contributed by atoms with Crippen molar-refractivity contribution in [3.05, 3.63) is 87.8 Å². The van der Waals surface area contributed by atoms with Crippen molar-refractivity contribution < 1.29 is 9.53 Å². The smallest absolute Gasteiger partial charge is 0.258 e. The van der Waals surface area contributed by atoms with E-state index in [0.717, 1.165) is 22.9 Å². The Hall–Kier alpha value is -3.05. The number of hydrogen-bond acceptors (Lipinski definition) is 3. The van der Waals surface area contributed by atoms with E-state index in [-0.39, 0.29) is 5.56 Å². The summed E-state index contributed by atoms with van der Waals surface area (Å²) in [5.41, 5.74) is 1.13. The number of likely N-dealkylation sites (tertiary alicyclic amines) is 1. The minimum absolute atomic E-state index is 0.0749. The molecule has 0 unspecified atom stereocenters. The number of rotatable bonds is 4. The lowest BCUT2D eigenvalue weighted by atomic mass is 9.83. The number of benzene rings is 2. The Bertz CT molecular complexity index is 1150.